The molecule has 1 fully saturated rings. The van der Waals surface area contributed by atoms with E-state index >= 15 is 0 Å². The topological polar surface area (TPSA) is 57.9 Å². The maximum atomic E-state index is 11.2. The van der Waals surface area contributed by atoms with E-state index in [2.05, 4.69) is 0 Å². The summed E-state index contributed by atoms with van der Waals surface area (Å²) in [5.74, 6) is 0.160. The van der Waals surface area contributed by atoms with E-state index in [1.807, 2.05) is 6.07 Å². The highest BCUT2D eigenvalue weighted by Gasteiger charge is 2.26. The highest BCUT2D eigenvalue weighted by Crippen LogP contribution is 2.21. The molecule has 1 aliphatic rings. The summed E-state index contributed by atoms with van der Waals surface area (Å²) in [4.78, 5) is 22.1. The Hall–Kier alpha value is -1.17. The Kier molecular flexibility index (Phi) is 2.98. The lowest BCUT2D eigenvalue weighted by Crippen LogP contribution is -2.24. The number of carbonyl (C=O) groups excluding carboxylic acids is 2. The van der Waals surface area contributed by atoms with Crippen LogP contribution in [0.5, 0.6) is 0 Å². The van der Waals surface area contributed by atoms with Crippen LogP contribution in [0.25, 0.3) is 0 Å². The first-order valence-electron chi connectivity index (χ1n) is 4.15. The van der Waals surface area contributed by atoms with Gasteiger partial charge in [-0.05, 0) is 6.42 Å². The quantitative estimate of drug-likeness (QED) is 0.618. The molecule has 1 atom stereocenters. The maximum Gasteiger partial charge on any atom is 0.136 e. The third-order valence-electron chi connectivity index (χ3n) is 2.18. The molecule has 0 aliphatic heterocycles. The van der Waals surface area contributed by atoms with Gasteiger partial charge in [0.05, 0.1) is 6.07 Å². The van der Waals surface area contributed by atoms with Gasteiger partial charge in [-0.3, -0.25) is 9.59 Å². The van der Waals surface area contributed by atoms with Crippen molar-refractivity contribution in [3.05, 3.63) is 0 Å². The molecule has 0 bridgehead atoms. The molecule has 0 aromatic carbocycles. The molecule has 0 spiro atoms. The van der Waals surface area contributed by atoms with E-state index < -0.39 is 0 Å². The highest BCUT2D eigenvalue weighted by atomic mass is 16.1. The summed E-state index contributed by atoms with van der Waals surface area (Å²) in [6.45, 7) is 0. The predicted octanol–water partition coefficient (Wildman–Crippen LogP) is 1.23. The zero-order valence-corrected chi connectivity index (χ0v) is 6.88. The van der Waals surface area contributed by atoms with Crippen LogP contribution >= 0.6 is 0 Å². The van der Waals surface area contributed by atoms with Gasteiger partial charge >= 0.3 is 0 Å². The number of nitriles is 1. The highest BCUT2D eigenvalue weighted by molar-refractivity contribution is 5.94. The standard InChI is InChI=1S/C9H11NO2/c10-5-1-2-7-6-8(11)3-4-9(7)12/h7H,1-4,6H2. The van der Waals surface area contributed by atoms with E-state index in [4.69, 9.17) is 5.26 Å². The van der Waals surface area contributed by atoms with Gasteiger partial charge in [0.15, 0.2) is 0 Å². The molecule has 64 valence electrons. The summed E-state index contributed by atoms with van der Waals surface area (Å²) in [6.07, 6.45) is 2.09. The van der Waals surface area contributed by atoms with Gasteiger partial charge in [-0.1, -0.05) is 0 Å². The first-order chi connectivity index (χ1) is 5.74. The molecular formula is C9H11NO2. The molecular weight excluding hydrogens is 154 g/mol. The third kappa shape index (κ3) is 2.16. The maximum absolute atomic E-state index is 11.2. The monoisotopic (exact) mass is 165 g/mol. The van der Waals surface area contributed by atoms with Gasteiger partial charge in [0, 0.05) is 31.6 Å². The second-order valence-corrected chi connectivity index (χ2v) is 3.10. The van der Waals surface area contributed by atoms with E-state index in [9.17, 15) is 9.59 Å². The van der Waals surface area contributed by atoms with Crippen LogP contribution in [0.15, 0.2) is 0 Å². The van der Waals surface area contributed by atoms with Gasteiger partial charge in [-0.25, -0.2) is 0 Å². The van der Waals surface area contributed by atoms with Crippen molar-refractivity contribution in [2.24, 2.45) is 5.92 Å². The lowest BCUT2D eigenvalue weighted by atomic mass is 9.84. The molecule has 0 heterocycles. The fourth-order valence-corrected chi connectivity index (χ4v) is 1.46. The van der Waals surface area contributed by atoms with Crippen LogP contribution in [0, 0.1) is 17.2 Å². The van der Waals surface area contributed by atoms with Crippen molar-refractivity contribution in [1.82, 2.24) is 0 Å². The smallest absolute Gasteiger partial charge is 0.136 e. The molecule has 0 aromatic heterocycles. The van der Waals surface area contributed by atoms with Crippen LogP contribution in [-0.4, -0.2) is 11.6 Å². The molecule has 1 saturated carbocycles. The number of ketones is 2. The number of nitrogens with zero attached hydrogens (tertiary/aromatic N) is 1. The third-order valence-corrected chi connectivity index (χ3v) is 2.18. The largest absolute Gasteiger partial charge is 0.300 e. The second-order valence-electron chi connectivity index (χ2n) is 3.10. The minimum atomic E-state index is -0.161. The van der Waals surface area contributed by atoms with Crippen molar-refractivity contribution in [3.8, 4) is 6.07 Å². The SMILES string of the molecule is N#CCCC1CC(=O)CCC1=O. The Labute approximate surface area is 71.4 Å². The van der Waals surface area contributed by atoms with Crippen molar-refractivity contribution >= 4 is 11.6 Å². The van der Waals surface area contributed by atoms with Crippen LogP contribution in [0.1, 0.15) is 32.1 Å². The first-order valence-corrected chi connectivity index (χ1v) is 4.15. The van der Waals surface area contributed by atoms with Crippen LogP contribution in [0.4, 0.5) is 0 Å². The summed E-state index contributed by atoms with van der Waals surface area (Å²) in [6, 6.07) is 1.99. The zero-order valence-electron chi connectivity index (χ0n) is 6.88. The van der Waals surface area contributed by atoms with Gasteiger partial charge in [-0.2, -0.15) is 5.26 Å². The van der Waals surface area contributed by atoms with E-state index in [0.717, 1.165) is 0 Å². The number of Topliss-reactive ketones (excluding diaryl/α,β-unsaturated/α-hetero) is 2. The lowest BCUT2D eigenvalue weighted by molar-refractivity contribution is -0.133. The second kappa shape index (κ2) is 4.01. The normalized spacial score (nSPS) is 23.8. The van der Waals surface area contributed by atoms with Crippen molar-refractivity contribution in [1.29, 1.82) is 5.26 Å². The number of hydrogen-bond acceptors (Lipinski definition) is 3. The average Bonchev–Trinajstić information content (AvgIpc) is 2.07. The number of hydrogen-bond donors (Lipinski definition) is 0. The predicted molar refractivity (Wildman–Crippen MR) is 42.2 cm³/mol. The van der Waals surface area contributed by atoms with Gasteiger partial charge in [0.2, 0.25) is 0 Å². The van der Waals surface area contributed by atoms with E-state index in [-0.39, 0.29) is 17.5 Å². The molecule has 0 amide bonds. The van der Waals surface area contributed by atoms with Crippen LogP contribution in [0.3, 0.4) is 0 Å². The van der Waals surface area contributed by atoms with Crippen molar-refractivity contribution in [2.75, 3.05) is 0 Å². The van der Waals surface area contributed by atoms with E-state index in [1.165, 1.54) is 0 Å². The number of rotatable bonds is 2. The molecule has 12 heavy (non-hydrogen) atoms. The van der Waals surface area contributed by atoms with Crippen LogP contribution in [0.2, 0.25) is 0 Å². The zero-order chi connectivity index (χ0) is 8.97. The minimum absolute atomic E-state index is 0.157. The first kappa shape index (κ1) is 8.92. The molecule has 0 aromatic rings. The van der Waals surface area contributed by atoms with E-state index in [0.29, 0.717) is 32.1 Å². The van der Waals surface area contributed by atoms with Gasteiger partial charge in [0.25, 0.3) is 0 Å². The summed E-state index contributed by atoms with van der Waals surface area (Å²) in [5.41, 5.74) is 0. The van der Waals surface area contributed by atoms with Crippen molar-refractivity contribution in [3.63, 3.8) is 0 Å². The summed E-state index contributed by atoms with van der Waals surface area (Å²) in [7, 11) is 0. The van der Waals surface area contributed by atoms with Gasteiger partial charge < -0.3 is 0 Å². The fraction of sp³-hybridized carbons (Fsp3) is 0.667. The molecule has 1 unspecified atom stereocenters. The number of carbonyl (C=O) groups is 2. The lowest BCUT2D eigenvalue weighted by Gasteiger charge is -2.17. The van der Waals surface area contributed by atoms with Crippen molar-refractivity contribution in [2.45, 2.75) is 32.1 Å². The molecule has 1 rings (SSSR count). The Morgan fingerprint density at radius 2 is 2.17 bits per heavy atom. The Balaban J connectivity index is 2.45. The molecule has 3 nitrogen and oxygen atoms in total. The summed E-state index contributed by atoms with van der Waals surface area (Å²) in [5, 5.41) is 8.30. The Bertz CT molecular complexity index is 239. The Morgan fingerprint density at radius 3 is 2.83 bits per heavy atom. The average molecular weight is 165 g/mol. The summed E-state index contributed by atoms with van der Waals surface area (Å²) < 4.78 is 0. The van der Waals surface area contributed by atoms with E-state index in [1.54, 1.807) is 0 Å². The van der Waals surface area contributed by atoms with Crippen LogP contribution < -0.4 is 0 Å². The summed E-state index contributed by atoms with van der Waals surface area (Å²) >= 11 is 0. The van der Waals surface area contributed by atoms with Gasteiger partial charge in [0.1, 0.15) is 11.6 Å². The van der Waals surface area contributed by atoms with Gasteiger partial charge in [-0.15, -0.1) is 0 Å². The molecule has 0 N–H and O–H groups in total. The Morgan fingerprint density at radius 1 is 1.42 bits per heavy atom. The molecule has 0 saturated heterocycles. The molecule has 0 radical (unpaired) electrons. The minimum Gasteiger partial charge on any atom is -0.300 e. The van der Waals surface area contributed by atoms with Crippen molar-refractivity contribution < 1.29 is 9.59 Å². The molecule has 3 heteroatoms. The molecule has 1 aliphatic carbocycles. The van der Waals surface area contributed by atoms with Crippen LogP contribution in [-0.2, 0) is 9.59 Å². The fourth-order valence-electron chi connectivity index (χ4n) is 1.46.